The lowest BCUT2D eigenvalue weighted by atomic mass is 9.96. The van der Waals surface area contributed by atoms with Crippen molar-refractivity contribution >= 4 is 11.8 Å². The van der Waals surface area contributed by atoms with Gasteiger partial charge in [-0.25, -0.2) is 0 Å². The van der Waals surface area contributed by atoms with Crippen LogP contribution in [0.2, 0.25) is 0 Å². The van der Waals surface area contributed by atoms with E-state index in [1.54, 1.807) is 0 Å². The zero-order valence-electron chi connectivity index (χ0n) is 12.2. The summed E-state index contributed by atoms with van der Waals surface area (Å²) in [5.74, 6) is 0.206. The Bertz CT molecular complexity index is 453. The third-order valence-corrected chi connectivity index (χ3v) is 3.62. The largest absolute Gasteiger partial charge is 0.372 e. The summed E-state index contributed by atoms with van der Waals surface area (Å²) >= 11 is 0. The number of ether oxygens (including phenoxy) is 1. The molecule has 0 aromatic carbocycles. The van der Waals surface area contributed by atoms with Gasteiger partial charge in [-0.05, 0) is 25.7 Å². The summed E-state index contributed by atoms with van der Waals surface area (Å²) in [5, 5.41) is 6.43. The van der Waals surface area contributed by atoms with Crippen molar-refractivity contribution in [2.45, 2.75) is 19.8 Å². The first-order chi connectivity index (χ1) is 10.2. The number of hydrogen-bond donors (Lipinski definition) is 1. The molecule has 116 valence electrons. The van der Waals surface area contributed by atoms with E-state index >= 15 is 0 Å². The van der Waals surface area contributed by atoms with Crippen LogP contribution in [0, 0.1) is 5.92 Å². The molecule has 1 aromatic rings. The van der Waals surface area contributed by atoms with Gasteiger partial charge in [-0.15, -0.1) is 0 Å². The maximum Gasteiger partial charge on any atom is 0.273 e. The van der Waals surface area contributed by atoms with Crippen molar-refractivity contribution in [2.24, 2.45) is 5.92 Å². The number of nitrogens with zero attached hydrogens (tertiary/aromatic N) is 2. The number of carbonyl (C=O) groups is 2. The third-order valence-electron chi connectivity index (χ3n) is 3.62. The van der Waals surface area contributed by atoms with Gasteiger partial charge in [0.2, 0.25) is 5.91 Å². The number of nitrogens with one attached hydrogen (secondary N) is 1. The number of likely N-dealkylation sites (tertiary alicyclic amines) is 1. The number of piperidine rings is 1. The molecule has 0 radical (unpaired) electrons. The van der Waals surface area contributed by atoms with Crippen molar-refractivity contribution in [3.8, 4) is 0 Å². The molecule has 21 heavy (non-hydrogen) atoms. The Kier molecular flexibility index (Phi) is 5.74. The summed E-state index contributed by atoms with van der Waals surface area (Å²) in [6.07, 6.45) is 3.14. The van der Waals surface area contributed by atoms with E-state index in [9.17, 15) is 9.59 Å². The maximum absolute atomic E-state index is 11.8. The minimum atomic E-state index is -0.224. The molecule has 0 bridgehead atoms. The van der Waals surface area contributed by atoms with Crippen molar-refractivity contribution in [3.05, 3.63) is 18.0 Å². The monoisotopic (exact) mass is 295 g/mol. The Morgan fingerprint density at radius 3 is 2.86 bits per heavy atom. The van der Waals surface area contributed by atoms with Gasteiger partial charge in [0, 0.05) is 32.3 Å². The highest BCUT2D eigenvalue weighted by atomic mass is 16.5. The molecule has 7 heteroatoms. The van der Waals surface area contributed by atoms with Crippen molar-refractivity contribution in [3.63, 3.8) is 0 Å². The highest BCUT2D eigenvalue weighted by Crippen LogP contribution is 2.16. The fourth-order valence-electron chi connectivity index (χ4n) is 2.32. The van der Waals surface area contributed by atoms with E-state index in [2.05, 4.69) is 15.0 Å². The van der Waals surface area contributed by atoms with Crippen molar-refractivity contribution < 1.29 is 18.8 Å². The van der Waals surface area contributed by atoms with E-state index in [-0.39, 0.29) is 18.4 Å². The molecule has 2 heterocycles. The SMILES string of the molecule is CCOCC(=O)N1CCC(CNC(=O)c2ccon2)CC1. The maximum atomic E-state index is 11.8. The molecule has 0 aliphatic carbocycles. The summed E-state index contributed by atoms with van der Waals surface area (Å²) in [6, 6.07) is 1.53. The van der Waals surface area contributed by atoms with Gasteiger partial charge in [-0.3, -0.25) is 9.59 Å². The van der Waals surface area contributed by atoms with E-state index in [0.29, 0.717) is 24.8 Å². The molecular weight excluding hydrogens is 274 g/mol. The molecule has 1 aliphatic rings. The minimum Gasteiger partial charge on any atom is -0.372 e. The average Bonchev–Trinajstić information content (AvgIpc) is 3.05. The highest BCUT2D eigenvalue weighted by molar-refractivity contribution is 5.91. The summed E-state index contributed by atoms with van der Waals surface area (Å²) in [5.41, 5.74) is 0.291. The Balaban J connectivity index is 1.67. The van der Waals surface area contributed by atoms with Crippen LogP contribution in [0.4, 0.5) is 0 Å². The Morgan fingerprint density at radius 2 is 2.24 bits per heavy atom. The van der Waals surface area contributed by atoms with E-state index in [1.165, 1.54) is 12.3 Å². The van der Waals surface area contributed by atoms with Crippen LogP contribution in [0.3, 0.4) is 0 Å². The molecule has 0 atom stereocenters. The van der Waals surface area contributed by atoms with Crippen LogP contribution in [0.1, 0.15) is 30.3 Å². The standard InChI is InChI=1S/C14H21N3O4/c1-2-20-10-13(18)17-6-3-11(4-7-17)9-15-14(19)12-5-8-21-16-12/h5,8,11H,2-4,6-7,9-10H2,1H3,(H,15,19). The smallest absolute Gasteiger partial charge is 0.273 e. The number of amides is 2. The molecule has 1 aliphatic heterocycles. The lowest BCUT2D eigenvalue weighted by molar-refractivity contribution is -0.137. The topological polar surface area (TPSA) is 84.7 Å². The predicted molar refractivity (Wildman–Crippen MR) is 74.6 cm³/mol. The molecule has 0 saturated carbocycles. The number of carbonyl (C=O) groups excluding carboxylic acids is 2. The summed E-state index contributed by atoms with van der Waals surface area (Å²) in [4.78, 5) is 25.3. The second-order valence-corrected chi connectivity index (χ2v) is 5.06. The first-order valence-corrected chi connectivity index (χ1v) is 7.24. The molecule has 0 spiro atoms. The van der Waals surface area contributed by atoms with Crippen molar-refractivity contribution in [1.82, 2.24) is 15.4 Å². The van der Waals surface area contributed by atoms with Gasteiger partial charge in [0.25, 0.3) is 5.91 Å². The molecule has 1 saturated heterocycles. The van der Waals surface area contributed by atoms with Gasteiger partial charge < -0.3 is 19.5 Å². The number of hydrogen-bond acceptors (Lipinski definition) is 5. The van der Waals surface area contributed by atoms with E-state index < -0.39 is 0 Å². The second kappa shape index (κ2) is 7.78. The molecule has 2 amide bonds. The molecule has 0 unspecified atom stereocenters. The van der Waals surface area contributed by atoms with Crippen LogP contribution in [0.15, 0.2) is 16.9 Å². The van der Waals surface area contributed by atoms with Crippen LogP contribution in [-0.4, -0.2) is 54.7 Å². The fraction of sp³-hybridized carbons (Fsp3) is 0.643. The quantitative estimate of drug-likeness (QED) is 0.834. The zero-order chi connectivity index (χ0) is 15.1. The second-order valence-electron chi connectivity index (χ2n) is 5.06. The molecule has 7 nitrogen and oxygen atoms in total. The van der Waals surface area contributed by atoms with Gasteiger partial charge in [0.15, 0.2) is 5.69 Å². The fourth-order valence-corrected chi connectivity index (χ4v) is 2.32. The molecule has 1 aromatic heterocycles. The zero-order valence-corrected chi connectivity index (χ0v) is 12.2. The van der Waals surface area contributed by atoms with Crippen LogP contribution >= 0.6 is 0 Å². The normalized spacial score (nSPS) is 16.0. The van der Waals surface area contributed by atoms with E-state index in [4.69, 9.17) is 4.74 Å². The Morgan fingerprint density at radius 1 is 1.48 bits per heavy atom. The van der Waals surface area contributed by atoms with Crippen LogP contribution in [-0.2, 0) is 9.53 Å². The number of rotatable bonds is 6. The molecular formula is C14H21N3O4. The predicted octanol–water partition coefficient (Wildman–Crippen LogP) is 0.679. The van der Waals surface area contributed by atoms with Gasteiger partial charge in [0.05, 0.1) is 0 Å². The number of aromatic nitrogens is 1. The lowest BCUT2D eigenvalue weighted by Gasteiger charge is -2.32. The lowest BCUT2D eigenvalue weighted by Crippen LogP contribution is -2.43. The summed E-state index contributed by atoms with van der Waals surface area (Å²) in [7, 11) is 0. The van der Waals surface area contributed by atoms with Crippen LogP contribution < -0.4 is 5.32 Å². The highest BCUT2D eigenvalue weighted by Gasteiger charge is 2.23. The minimum absolute atomic E-state index is 0.0435. The Labute approximate surface area is 123 Å². The first kappa shape index (κ1) is 15.5. The molecule has 2 rings (SSSR count). The first-order valence-electron chi connectivity index (χ1n) is 7.24. The molecule has 1 N–H and O–H groups in total. The van der Waals surface area contributed by atoms with Crippen molar-refractivity contribution in [2.75, 3.05) is 32.8 Å². The van der Waals surface area contributed by atoms with Crippen molar-refractivity contribution in [1.29, 1.82) is 0 Å². The third kappa shape index (κ3) is 4.56. The summed E-state index contributed by atoms with van der Waals surface area (Å²) < 4.78 is 9.76. The van der Waals surface area contributed by atoms with E-state index in [0.717, 1.165) is 25.9 Å². The van der Waals surface area contributed by atoms with Gasteiger partial charge in [-0.2, -0.15) is 0 Å². The van der Waals surface area contributed by atoms with Gasteiger partial charge in [-0.1, -0.05) is 5.16 Å². The van der Waals surface area contributed by atoms with Gasteiger partial charge in [0.1, 0.15) is 12.9 Å². The van der Waals surface area contributed by atoms with Gasteiger partial charge >= 0.3 is 0 Å². The van der Waals surface area contributed by atoms with E-state index in [1.807, 2.05) is 11.8 Å². The van der Waals surface area contributed by atoms with Crippen LogP contribution in [0.5, 0.6) is 0 Å². The average molecular weight is 295 g/mol. The Hall–Kier alpha value is -1.89. The summed E-state index contributed by atoms with van der Waals surface area (Å²) in [6.45, 7) is 4.61. The molecule has 1 fully saturated rings. The van der Waals surface area contributed by atoms with Crippen LogP contribution in [0.25, 0.3) is 0 Å².